The van der Waals surface area contributed by atoms with Crippen LogP contribution in [0.5, 0.6) is 0 Å². The third kappa shape index (κ3) is 1.37. The zero-order valence-electron chi connectivity index (χ0n) is 7.55. The fraction of sp³-hybridized carbons (Fsp3) is 0.200. The number of hydrogen-bond donors (Lipinski definition) is 1. The molecule has 0 aliphatic carbocycles. The van der Waals surface area contributed by atoms with Crippen molar-refractivity contribution >= 4 is 11.0 Å². The van der Waals surface area contributed by atoms with E-state index in [2.05, 4.69) is 0 Å². The lowest BCUT2D eigenvalue weighted by Crippen LogP contribution is -2.02. The first kappa shape index (κ1) is 9.15. The average molecular weight is 197 g/mol. The van der Waals surface area contributed by atoms with Crippen LogP contribution in [0.15, 0.2) is 22.6 Å². The third-order valence-corrected chi connectivity index (χ3v) is 2.03. The van der Waals surface area contributed by atoms with Crippen molar-refractivity contribution in [3.05, 3.63) is 35.6 Å². The number of hydrogen-bond acceptors (Lipinski definition) is 2. The van der Waals surface area contributed by atoms with E-state index in [-0.39, 0.29) is 6.04 Å². The first-order chi connectivity index (χ1) is 6.58. The zero-order valence-corrected chi connectivity index (χ0v) is 7.55. The minimum absolute atomic E-state index is 0.284. The summed E-state index contributed by atoms with van der Waals surface area (Å²) in [6, 6.07) is 3.45. The van der Waals surface area contributed by atoms with Crippen molar-refractivity contribution in [2.24, 2.45) is 5.73 Å². The van der Waals surface area contributed by atoms with Gasteiger partial charge in [0.25, 0.3) is 0 Å². The molecule has 0 amide bonds. The molecule has 2 aromatic rings. The largest absolute Gasteiger partial charge is 0.459 e. The molecule has 1 heterocycles. The van der Waals surface area contributed by atoms with Gasteiger partial charge >= 0.3 is 0 Å². The van der Waals surface area contributed by atoms with Crippen molar-refractivity contribution in [3.8, 4) is 0 Å². The van der Waals surface area contributed by atoms with Gasteiger partial charge in [-0.25, -0.2) is 8.78 Å². The van der Waals surface area contributed by atoms with Crippen molar-refractivity contribution in [1.82, 2.24) is 0 Å². The molecular weight excluding hydrogens is 188 g/mol. The topological polar surface area (TPSA) is 39.2 Å². The van der Waals surface area contributed by atoms with E-state index in [0.717, 1.165) is 12.1 Å². The Morgan fingerprint density at radius 1 is 1.21 bits per heavy atom. The molecule has 0 saturated heterocycles. The lowest BCUT2D eigenvalue weighted by molar-refractivity contribution is 0.495. The van der Waals surface area contributed by atoms with Gasteiger partial charge in [0.05, 0.1) is 6.04 Å². The average Bonchev–Trinajstić information content (AvgIpc) is 2.48. The number of nitrogens with two attached hydrogens (primary N) is 1. The molecule has 0 saturated carbocycles. The number of furan rings is 1. The molecular formula is C10H9F2NO. The van der Waals surface area contributed by atoms with Crippen LogP contribution in [0.3, 0.4) is 0 Å². The second-order valence-corrected chi connectivity index (χ2v) is 3.24. The molecule has 0 fully saturated rings. The second kappa shape index (κ2) is 3.06. The summed E-state index contributed by atoms with van der Waals surface area (Å²) >= 11 is 0. The lowest BCUT2D eigenvalue weighted by atomic mass is 10.2. The lowest BCUT2D eigenvalue weighted by Gasteiger charge is -1.96. The molecule has 0 bridgehead atoms. The Balaban J connectivity index is 2.66. The first-order valence-corrected chi connectivity index (χ1v) is 4.22. The molecule has 74 valence electrons. The van der Waals surface area contributed by atoms with E-state index in [1.165, 1.54) is 0 Å². The smallest absolute Gasteiger partial charge is 0.162 e. The van der Waals surface area contributed by atoms with Crippen LogP contribution < -0.4 is 5.73 Å². The van der Waals surface area contributed by atoms with Crippen molar-refractivity contribution in [2.45, 2.75) is 13.0 Å². The molecule has 1 atom stereocenters. The highest BCUT2D eigenvalue weighted by molar-refractivity contribution is 5.78. The van der Waals surface area contributed by atoms with Gasteiger partial charge in [0.1, 0.15) is 11.3 Å². The summed E-state index contributed by atoms with van der Waals surface area (Å²) in [6.07, 6.45) is 0. The molecule has 0 spiro atoms. The summed E-state index contributed by atoms with van der Waals surface area (Å²) in [4.78, 5) is 0. The molecule has 1 aromatic carbocycles. The van der Waals surface area contributed by atoms with Crippen molar-refractivity contribution in [1.29, 1.82) is 0 Å². The molecule has 0 aliphatic heterocycles. The van der Waals surface area contributed by atoms with Gasteiger partial charge in [-0.2, -0.15) is 0 Å². The van der Waals surface area contributed by atoms with Crippen molar-refractivity contribution in [2.75, 3.05) is 0 Å². The molecule has 0 aliphatic rings. The standard InChI is InChI=1S/C10H9F2NO/c1-5(13)9-3-6-2-7(11)8(12)4-10(6)14-9/h2-5H,13H2,1H3/t5-/m1/s1. The van der Waals surface area contributed by atoms with Crippen LogP contribution in [0.25, 0.3) is 11.0 Å². The van der Waals surface area contributed by atoms with E-state index >= 15 is 0 Å². The number of rotatable bonds is 1. The van der Waals surface area contributed by atoms with Gasteiger partial charge in [-0.3, -0.25) is 0 Å². The van der Waals surface area contributed by atoms with E-state index in [4.69, 9.17) is 10.2 Å². The van der Waals surface area contributed by atoms with Crippen molar-refractivity contribution in [3.63, 3.8) is 0 Å². The predicted octanol–water partition coefficient (Wildman–Crippen LogP) is 2.73. The fourth-order valence-electron chi connectivity index (χ4n) is 1.28. The van der Waals surface area contributed by atoms with Crippen LogP contribution in [0.2, 0.25) is 0 Å². The Bertz CT molecular complexity index is 437. The Labute approximate surface area is 79.3 Å². The molecule has 4 heteroatoms. The third-order valence-electron chi connectivity index (χ3n) is 2.03. The summed E-state index contributed by atoms with van der Waals surface area (Å²) in [5.74, 6) is -1.28. The number of fused-ring (bicyclic) bond motifs is 1. The monoisotopic (exact) mass is 197 g/mol. The van der Waals surface area contributed by atoms with Gasteiger partial charge in [-0.15, -0.1) is 0 Å². The zero-order chi connectivity index (χ0) is 10.3. The molecule has 2 N–H and O–H groups in total. The molecule has 14 heavy (non-hydrogen) atoms. The maximum absolute atomic E-state index is 12.8. The van der Waals surface area contributed by atoms with Gasteiger partial charge in [0, 0.05) is 11.5 Å². The Morgan fingerprint density at radius 2 is 1.86 bits per heavy atom. The Hall–Kier alpha value is -1.42. The summed E-state index contributed by atoms with van der Waals surface area (Å²) in [5, 5.41) is 0.524. The van der Waals surface area contributed by atoms with Crippen LogP contribution in [-0.4, -0.2) is 0 Å². The fourth-order valence-corrected chi connectivity index (χ4v) is 1.28. The van der Waals surface area contributed by atoms with Crippen LogP contribution in [0.1, 0.15) is 18.7 Å². The molecule has 0 radical (unpaired) electrons. The van der Waals surface area contributed by atoms with E-state index in [9.17, 15) is 8.78 Å². The highest BCUT2D eigenvalue weighted by Gasteiger charge is 2.11. The van der Waals surface area contributed by atoms with E-state index in [1.54, 1.807) is 13.0 Å². The summed E-state index contributed by atoms with van der Waals surface area (Å²) in [7, 11) is 0. The quantitative estimate of drug-likeness (QED) is 0.763. The van der Waals surface area contributed by atoms with Gasteiger partial charge in [0.2, 0.25) is 0 Å². The number of halogens is 2. The van der Waals surface area contributed by atoms with Gasteiger partial charge < -0.3 is 10.2 Å². The first-order valence-electron chi connectivity index (χ1n) is 4.22. The highest BCUT2D eigenvalue weighted by atomic mass is 19.2. The van der Waals surface area contributed by atoms with Gasteiger partial charge in [0.15, 0.2) is 11.6 Å². The van der Waals surface area contributed by atoms with Gasteiger partial charge in [-0.1, -0.05) is 0 Å². The Kier molecular flexibility index (Phi) is 2.00. The predicted molar refractivity (Wildman–Crippen MR) is 48.7 cm³/mol. The van der Waals surface area contributed by atoms with Crippen molar-refractivity contribution < 1.29 is 13.2 Å². The summed E-state index contributed by atoms with van der Waals surface area (Å²) in [5.41, 5.74) is 5.89. The Morgan fingerprint density at radius 3 is 2.50 bits per heavy atom. The highest BCUT2D eigenvalue weighted by Crippen LogP contribution is 2.24. The minimum Gasteiger partial charge on any atom is -0.459 e. The maximum Gasteiger partial charge on any atom is 0.162 e. The van der Waals surface area contributed by atoms with Crippen LogP contribution in [-0.2, 0) is 0 Å². The SMILES string of the molecule is C[C@@H](N)c1cc2cc(F)c(F)cc2o1. The second-order valence-electron chi connectivity index (χ2n) is 3.24. The van der Waals surface area contributed by atoms with E-state index < -0.39 is 11.6 Å². The van der Waals surface area contributed by atoms with Crippen LogP contribution >= 0.6 is 0 Å². The minimum atomic E-state index is -0.914. The van der Waals surface area contributed by atoms with Gasteiger partial charge in [-0.05, 0) is 19.1 Å². The number of benzene rings is 1. The molecule has 2 rings (SSSR count). The maximum atomic E-state index is 12.8. The van der Waals surface area contributed by atoms with Crippen LogP contribution in [0.4, 0.5) is 8.78 Å². The van der Waals surface area contributed by atoms with E-state index in [1.807, 2.05) is 0 Å². The normalized spacial score (nSPS) is 13.4. The van der Waals surface area contributed by atoms with Crippen LogP contribution in [0, 0.1) is 11.6 Å². The van der Waals surface area contributed by atoms with E-state index in [0.29, 0.717) is 16.7 Å². The molecule has 0 unspecified atom stereocenters. The summed E-state index contributed by atoms with van der Waals surface area (Å²) in [6.45, 7) is 1.74. The summed E-state index contributed by atoms with van der Waals surface area (Å²) < 4.78 is 30.8. The molecule has 2 nitrogen and oxygen atoms in total. The molecule has 1 aromatic heterocycles.